The number of benzene rings is 1. The summed E-state index contributed by atoms with van der Waals surface area (Å²) in [5.41, 5.74) is 7.02. The molecular weight excluding hydrogens is 272 g/mol. The van der Waals surface area contributed by atoms with Crippen LogP contribution >= 0.6 is 0 Å². The van der Waals surface area contributed by atoms with Gasteiger partial charge in [-0.15, -0.1) is 0 Å². The number of anilines is 2. The fraction of sp³-hybridized carbons (Fsp3) is 0.533. The average Bonchev–Trinajstić information content (AvgIpc) is 2.76. The van der Waals surface area contributed by atoms with Gasteiger partial charge in [0, 0.05) is 18.6 Å². The van der Waals surface area contributed by atoms with Gasteiger partial charge in [0.05, 0.1) is 43.2 Å². The van der Waals surface area contributed by atoms with Crippen molar-refractivity contribution in [2.45, 2.75) is 25.9 Å². The zero-order chi connectivity index (χ0) is 14.8. The number of carbonyl (C=O) groups excluding carboxylic acids is 1. The highest BCUT2D eigenvalue weighted by Gasteiger charge is 2.28. The minimum absolute atomic E-state index is 0.0689. The molecule has 6 heteroatoms. The summed E-state index contributed by atoms with van der Waals surface area (Å²) >= 11 is 0. The third-order valence-corrected chi connectivity index (χ3v) is 3.75. The lowest BCUT2D eigenvalue weighted by Gasteiger charge is -2.14. The summed E-state index contributed by atoms with van der Waals surface area (Å²) in [5.74, 6) is 1.05. The maximum Gasteiger partial charge on any atom is 0.229 e. The van der Waals surface area contributed by atoms with Crippen molar-refractivity contribution in [1.29, 1.82) is 0 Å². The molecule has 21 heavy (non-hydrogen) atoms. The molecule has 1 amide bonds. The Balaban J connectivity index is 1.76. The van der Waals surface area contributed by atoms with Crippen LogP contribution in [0.5, 0.6) is 11.5 Å². The predicted octanol–water partition coefficient (Wildman–Crippen LogP) is 1.79. The average molecular weight is 292 g/mol. The predicted molar refractivity (Wildman–Crippen MR) is 78.6 cm³/mol. The van der Waals surface area contributed by atoms with Gasteiger partial charge in [-0.1, -0.05) is 0 Å². The van der Waals surface area contributed by atoms with Crippen LogP contribution in [0.1, 0.15) is 19.8 Å². The third-order valence-electron chi connectivity index (χ3n) is 3.75. The molecule has 2 aliphatic rings. The molecule has 1 aromatic carbocycles. The first kappa shape index (κ1) is 14.0. The van der Waals surface area contributed by atoms with Crippen LogP contribution in [0.15, 0.2) is 12.1 Å². The Morgan fingerprint density at radius 2 is 2.00 bits per heavy atom. The third kappa shape index (κ3) is 3.05. The maximum atomic E-state index is 12.2. The van der Waals surface area contributed by atoms with Crippen molar-refractivity contribution in [3.8, 4) is 11.5 Å². The van der Waals surface area contributed by atoms with Crippen LogP contribution in [0.3, 0.4) is 0 Å². The number of nitrogens with two attached hydrogens (primary N) is 1. The second kappa shape index (κ2) is 5.81. The van der Waals surface area contributed by atoms with Gasteiger partial charge in [-0.05, 0) is 13.3 Å². The molecule has 0 bridgehead atoms. The van der Waals surface area contributed by atoms with E-state index < -0.39 is 0 Å². The Morgan fingerprint density at radius 3 is 2.67 bits per heavy atom. The molecule has 2 atom stereocenters. The van der Waals surface area contributed by atoms with Gasteiger partial charge >= 0.3 is 0 Å². The number of nitrogens with one attached hydrogen (secondary N) is 1. The van der Waals surface area contributed by atoms with Gasteiger partial charge in [-0.2, -0.15) is 0 Å². The fourth-order valence-corrected chi connectivity index (χ4v) is 2.57. The highest BCUT2D eigenvalue weighted by Crippen LogP contribution is 2.37. The van der Waals surface area contributed by atoms with Gasteiger partial charge in [0.15, 0.2) is 11.5 Å². The van der Waals surface area contributed by atoms with Crippen LogP contribution < -0.4 is 20.5 Å². The monoisotopic (exact) mass is 292 g/mol. The molecule has 2 heterocycles. The summed E-state index contributed by atoms with van der Waals surface area (Å²) in [6.45, 7) is 3.63. The Morgan fingerprint density at radius 1 is 1.29 bits per heavy atom. The van der Waals surface area contributed by atoms with Crippen LogP contribution in [-0.2, 0) is 9.53 Å². The molecular formula is C15H20N2O4. The lowest BCUT2D eigenvalue weighted by Crippen LogP contribution is -2.23. The molecule has 114 valence electrons. The van der Waals surface area contributed by atoms with Crippen LogP contribution in [-0.4, -0.2) is 31.8 Å². The minimum atomic E-state index is -0.129. The van der Waals surface area contributed by atoms with E-state index in [4.69, 9.17) is 19.9 Å². The summed E-state index contributed by atoms with van der Waals surface area (Å²) < 4.78 is 16.6. The molecule has 3 N–H and O–H groups in total. The highest BCUT2D eigenvalue weighted by atomic mass is 16.5. The van der Waals surface area contributed by atoms with Gasteiger partial charge in [0.1, 0.15) is 0 Å². The minimum Gasteiger partial charge on any atom is -0.489 e. The van der Waals surface area contributed by atoms with E-state index in [1.807, 2.05) is 6.92 Å². The van der Waals surface area contributed by atoms with E-state index >= 15 is 0 Å². The van der Waals surface area contributed by atoms with Gasteiger partial charge in [-0.3, -0.25) is 4.79 Å². The molecule has 6 nitrogen and oxygen atoms in total. The molecule has 3 rings (SSSR count). The van der Waals surface area contributed by atoms with E-state index in [9.17, 15) is 4.79 Å². The number of fused-ring (bicyclic) bond motifs is 1. The number of hydrogen-bond donors (Lipinski definition) is 2. The zero-order valence-electron chi connectivity index (χ0n) is 12.1. The van der Waals surface area contributed by atoms with E-state index in [-0.39, 0.29) is 17.9 Å². The van der Waals surface area contributed by atoms with Crippen molar-refractivity contribution in [2.24, 2.45) is 5.92 Å². The van der Waals surface area contributed by atoms with E-state index in [1.165, 1.54) is 0 Å². The van der Waals surface area contributed by atoms with E-state index in [1.54, 1.807) is 12.1 Å². The largest absolute Gasteiger partial charge is 0.489 e. The van der Waals surface area contributed by atoms with Crippen LogP contribution in [0.4, 0.5) is 11.4 Å². The molecule has 1 saturated heterocycles. The summed E-state index contributed by atoms with van der Waals surface area (Å²) in [6.07, 6.45) is 1.69. The SMILES string of the molecule is CC1CC(C(=O)Nc2cc3c(cc2N)OCCCO3)CO1. The van der Waals surface area contributed by atoms with Crippen molar-refractivity contribution in [2.75, 3.05) is 30.9 Å². The Bertz CT molecular complexity index is 547. The molecule has 0 aliphatic carbocycles. The van der Waals surface area contributed by atoms with Crippen molar-refractivity contribution >= 4 is 17.3 Å². The number of rotatable bonds is 2. The first-order valence-electron chi connectivity index (χ1n) is 7.25. The number of nitrogen functional groups attached to an aromatic ring is 1. The summed E-state index contributed by atoms with van der Waals surface area (Å²) in [4.78, 5) is 12.2. The van der Waals surface area contributed by atoms with Gasteiger partial charge in [-0.25, -0.2) is 0 Å². The molecule has 0 saturated carbocycles. The number of amides is 1. The fourth-order valence-electron chi connectivity index (χ4n) is 2.57. The van der Waals surface area contributed by atoms with Crippen molar-refractivity contribution in [3.63, 3.8) is 0 Å². The second-order valence-electron chi connectivity index (χ2n) is 5.50. The lowest BCUT2D eigenvalue weighted by atomic mass is 10.1. The van der Waals surface area contributed by atoms with Gasteiger partial charge in [0.2, 0.25) is 5.91 Å². The van der Waals surface area contributed by atoms with Gasteiger partial charge in [0.25, 0.3) is 0 Å². The molecule has 1 aromatic rings. The lowest BCUT2D eigenvalue weighted by molar-refractivity contribution is -0.119. The molecule has 2 aliphatic heterocycles. The molecule has 0 aromatic heterocycles. The van der Waals surface area contributed by atoms with Crippen molar-refractivity contribution in [3.05, 3.63) is 12.1 Å². The van der Waals surface area contributed by atoms with Crippen LogP contribution in [0.2, 0.25) is 0 Å². The van der Waals surface area contributed by atoms with E-state index in [0.29, 0.717) is 42.7 Å². The first-order valence-corrected chi connectivity index (χ1v) is 7.25. The summed E-state index contributed by atoms with van der Waals surface area (Å²) in [6, 6.07) is 3.43. The van der Waals surface area contributed by atoms with E-state index in [0.717, 1.165) is 12.8 Å². The molecule has 0 spiro atoms. The Labute approximate surface area is 123 Å². The quantitative estimate of drug-likeness (QED) is 0.812. The normalized spacial score (nSPS) is 24.4. The van der Waals surface area contributed by atoms with Crippen LogP contribution in [0.25, 0.3) is 0 Å². The van der Waals surface area contributed by atoms with Gasteiger partial charge < -0.3 is 25.3 Å². The molecule has 2 unspecified atom stereocenters. The zero-order valence-corrected chi connectivity index (χ0v) is 12.1. The molecule has 1 fully saturated rings. The topological polar surface area (TPSA) is 82.8 Å². The first-order chi connectivity index (χ1) is 10.1. The highest BCUT2D eigenvalue weighted by molar-refractivity contribution is 5.96. The summed E-state index contributed by atoms with van der Waals surface area (Å²) in [7, 11) is 0. The van der Waals surface area contributed by atoms with Crippen molar-refractivity contribution < 1.29 is 19.0 Å². The number of hydrogen-bond acceptors (Lipinski definition) is 5. The van der Waals surface area contributed by atoms with Crippen LogP contribution in [0, 0.1) is 5.92 Å². The maximum absolute atomic E-state index is 12.2. The summed E-state index contributed by atoms with van der Waals surface area (Å²) in [5, 5.41) is 2.86. The number of carbonyl (C=O) groups is 1. The Kier molecular flexibility index (Phi) is 3.88. The Hall–Kier alpha value is -1.95. The standard InChI is InChI=1S/C15H20N2O4/c1-9-5-10(8-21-9)15(18)17-12-7-14-13(6-11(12)16)19-3-2-4-20-14/h6-7,9-10H,2-5,8,16H2,1H3,(H,17,18). The van der Waals surface area contributed by atoms with Crippen molar-refractivity contribution in [1.82, 2.24) is 0 Å². The number of ether oxygens (including phenoxy) is 3. The molecule has 0 radical (unpaired) electrons. The second-order valence-corrected chi connectivity index (χ2v) is 5.50. The van der Waals surface area contributed by atoms with E-state index in [2.05, 4.69) is 5.32 Å². The smallest absolute Gasteiger partial charge is 0.229 e.